The lowest BCUT2D eigenvalue weighted by Crippen LogP contribution is -2.28. The molecule has 0 saturated carbocycles. The first kappa shape index (κ1) is 20.5. The second-order valence-corrected chi connectivity index (χ2v) is 11.4. The van der Waals surface area contributed by atoms with Crippen molar-refractivity contribution in [3.63, 3.8) is 0 Å². The number of nitrogens with one attached hydrogen (secondary N) is 1. The molecule has 11 heteroatoms. The third-order valence-corrected chi connectivity index (χ3v) is 8.15. The van der Waals surface area contributed by atoms with Gasteiger partial charge in [0.05, 0.1) is 5.02 Å². The summed E-state index contributed by atoms with van der Waals surface area (Å²) in [5, 5.41) is 11.5. The minimum absolute atomic E-state index is 0.0490. The molecule has 0 atom stereocenters. The van der Waals surface area contributed by atoms with Gasteiger partial charge in [0.25, 0.3) is 5.91 Å². The van der Waals surface area contributed by atoms with Crippen molar-refractivity contribution in [1.82, 2.24) is 14.5 Å². The van der Waals surface area contributed by atoms with Gasteiger partial charge in [0.2, 0.25) is 15.2 Å². The number of aromatic nitrogens is 2. The summed E-state index contributed by atoms with van der Waals surface area (Å²) in [7, 11) is -3.71. The number of sulfonamides is 1. The molecule has 27 heavy (non-hydrogen) atoms. The Bertz CT molecular complexity index is 940. The molecule has 1 aromatic heterocycles. The van der Waals surface area contributed by atoms with Crippen LogP contribution < -0.4 is 5.32 Å². The van der Waals surface area contributed by atoms with E-state index in [0.29, 0.717) is 23.5 Å². The number of anilines is 1. The van der Waals surface area contributed by atoms with Crippen molar-refractivity contribution in [1.29, 1.82) is 0 Å². The lowest BCUT2D eigenvalue weighted by atomic mass is 10.2. The summed E-state index contributed by atoms with van der Waals surface area (Å²) < 4.78 is 27.7. The van der Waals surface area contributed by atoms with E-state index in [1.807, 2.05) is 13.8 Å². The molecular weight excluding hydrogens is 428 g/mol. The normalized spacial score (nSPS) is 15.4. The second kappa shape index (κ2) is 8.44. The monoisotopic (exact) mass is 446 g/mol. The highest BCUT2D eigenvalue weighted by Crippen LogP contribution is 2.30. The minimum atomic E-state index is -3.71. The van der Waals surface area contributed by atoms with Gasteiger partial charge in [-0.05, 0) is 31.0 Å². The second-order valence-electron chi connectivity index (χ2n) is 6.25. The van der Waals surface area contributed by atoms with Gasteiger partial charge in [-0.3, -0.25) is 10.1 Å². The Hall–Kier alpha value is -1.20. The Morgan fingerprint density at radius 2 is 2.00 bits per heavy atom. The van der Waals surface area contributed by atoms with E-state index in [4.69, 9.17) is 11.6 Å². The molecule has 1 fully saturated rings. The van der Waals surface area contributed by atoms with Crippen LogP contribution in [0.3, 0.4) is 0 Å². The van der Waals surface area contributed by atoms with Gasteiger partial charge in [-0.25, -0.2) is 8.42 Å². The van der Waals surface area contributed by atoms with Crippen LogP contribution >= 0.6 is 34.7 Å². The number of hydrogen-bond acceptors (Lipinski definition) is 7. The van der Waals surface area contributed by atoms with Crippen LogP contribution in [0.1, 0.15) is 37.0 Å². The summed E-state index contributed by atoms with van der Waals surface area (Å²) in [6, 6.07) is 4.24. The summed E-state index contributed by atoms with van der Waals surface area (Å²) in [5.41, 5.74) is 0.199. The summed E-state index contributed by atoms with van der Waals surface area (Å²) in [5.74, 6) is -0.457. The van der Waals surface area contributed by atoms with E-state index >= 15 is 0 Å². The van der Waals surface area contributed by atoms with Crippen molar-refractivity contribution >= 4 is 55.8 Å². The van der Waals surface area contributed by atoms with E-state index in [2.05, 4.69) is 15.5 Å². The Kier molecular flexibility index (Phi) is 6.42. The number of rotatable bonds is 6. The van der Waals surface area contributed by atoms with Crippen molar-refractivity contribution < 1.29 is 13.2 Å². The van der Waals surface area contributed by atoms with Gasteiger partial charge < -0.3 is 0 Å². The van der Waals surface area contributed by atoms with Gasteiger partial charge >= 0.3 is 0 Å². The molecule has 0 bridgehead atoms. The zero-order chi connectivity index (χ0) is 19.6. The van der Waals surface area contributed by atoms with Crippen LogP contribution in [0.4, 0.5) is 5.13 Å². The maximum absolute atomic E-state index is 12.8. The first-order valence-corrected chi connectivity index (χ1v) is 11.9. The number of amides is 1. The van der Waals surface area contributed by atoms with E-state index in [9.17, 15) is 13.2 Å². The van der Waals surface area contributed by atoms with Crippen LogP contribution in [-0.2, 0) is 10.0 Å². The van der Waals surface area contributed by atoms with Crippen molar-refractivity contribution in [2.75, 3.05) is 18.4 Å². The van der Waals surface area contributed by atoms with Gasteiger partial charge in [0, 0.05) is 23.9 Å². The van der Waals surface area contributed by atoms with Crippen LogP contribution in [-0.4, -0.2) is 47.2 Å². The predicted molar refractivity (Wildman–Crippen MR) is 108 cm³/mol. The minimum Gasteiger partial charge on any atom is -0.296 e. The van der Waals surface area contributed by atoms with E-state index in [1.165, 1.54) is 33.8 Å². The molecule has 3 rings (SSSR count). The first-order valence-electron chi connectivity index (χ1n) is 8.38. The van der Waals surface area contributed by atoms with Crippen molar-refractivity contribution in [2.24, 2.45) is 0 Å². The van der Waals surface area contributed by atoms with Crippen LogP contribution in [0.2, 0.25) is 5.02 Å². The van der Waals surface area contributed by atoms with Crippen LogP contribution in [0.15, 0.2) is 27.4 Å². The lowest BCUT2D eigenvalue weighted by Gasteiger charge is -2.17. The van der Waals surface area contributed by atoms with E-state index < -0.39 is 15.9 Å². The third kappa shape index (κ3) is 4.80. The van der Waals surface area contributed by atoms with Crippen molar-refractivity contribution in [2.45, 2.75) is 41.2 Å². The maximum atomic E-state index is 12.8. The molecule has 0 unspecified atom stereocenters. The molecule has 2 heterocycles. The molecule has 1 saturated heterocycles. The van der Waals surface area contributed by atoms with Crippen molar-refractivity contribution in [3.8, 4) is 0 Å². The topological polar surface area (TPSA) is 92.3 Å². The number of hydrogen-bond donors (Lipinski definition) is 1. The number of thioether (sulfide) groups is 1. The average Bonchev–Trinajstić information content (AvgIpc) is 3.27. The highest BCUT2D eigenvalue weighted by molar-refractivity contribution is 8.01. The molecule has 1 aliphatic rings. The van der Waals surface area contributed by atoms with Gasteiger partial charge in [0.1, 0.15) is 4.90 Å². The van der Waals surface area contributed by atoms with E-state index in [-0.39, 0.29) is 15.5 Å². The Morgan fingerprint density at radius 1 is 1.30 bits per heavy atom. The molecule has 0 aliphatic carbocycles. The Morgan fingerprint density at radius 3 is 2.67 bits per heavy atom. The molecule has 1 aromatic carbocycles. The Labute approximate surface area is 171 Å². The molecule has 1 amide bonds. The highest BCUT2D eigenvalue weighted by atomic mass is 35.5. The number of carbonyl (C=O) groups excluding carboxylic acids is 1. The highest BCUT2D eigenvalue weighted by Gasteiger charge is 2.29. The smallest absolute Gasteiger partial charge is 0.257 e. The molecule has 0 spiro atoms. The fourth-order valence-corrected chi connectivity index (χ4v) is 6.58. The fraction of sp³-hybridized carbons (Fsp3) is 0.438. The standard InChI is InChI=1S/C16H19ClN4O3S3/c1-10(2)25-16-20-19-15(26-16)18-14(22)11-5-6-12(17)13(9-11)27(23,24)21-7-3-4-8-21/h5-6,9-10H,3-4,7-8H2,1-2H3,(H,18,19,22). The first-order chi connectivity index (χ1) is 12.8. The molecule has 146 valence electrons. The fourth-order valence-electron chi connectivity index (χ4n) is 2.59. The Balaban J connectivity index is 1.80. The van der Waals surface area contributed by atoms with Crippen LogP contribution in [0, 0.1) is 0 Å². The number of benzene rings is 1. The zero-order valence-electron chi connectivity index (χ0n) is 14.8. The molecule has 1 N–H and O–H groups in total. The number of carbonyl (C=O) groups is 1. The molecule has 7 nitrogen and oxygen atoms in total. The van der Waals surface area contributed by atoms with Gasteiger partial charge in [-0.1, -0.05) is 48.5 Å². The maximum Gasteiger partial charge on any atom is 0.257 e. The number of nitrogens with zero attached hydrogens (tertiary/aromatic N) is 3. The van der Waals surface area contributed by atoms with Crippen LogP contribution in [0.5, 0.6) is 0 Å². The molecule has 2 aromatic rings. The summed E-state index contributed by atoms with van der Waals surface area (Å²) >= 11 is 8.94. The van der Waals surface area contributed by atoms with Gasteiger partial charge in [-0.2, -0.15) is 4.31 Å². The van der Waals surface area contributed by atoms with Gasteiger partial charge in [-0.15, -0.1) is 10.2 Å². The van der Waals surface area contributed by atoms with E-state index in [1.54, 1.807) is 11.8 Å². The van der Waals surface area contributed by atoms with E-state index in [0.717, 1.165) is 17.2 Å². The predicted octanol–water partition coefficient (Wildman–Crippen LogP) is 3.73. The van der Waals surface area contributed by atoms with Gasteiger partial charge in [0.15, 0.2) is 4.34 Å². The third-order valence-electron chi connectivity index (χ3n) is 3.84. The molecular formula is C16H19ClN4O3S3. The molecule has 1 aliphatic heterocycles. The number of halogens is 1. The lowest BCUT2D eigenvalue weighted by molar-refractivity contribution is 0.102. The zero-order valence-corrected chi connectivity index (χ0v) is 18.0. The SMILES string of the molecule is CC(C)Sc1nnc(NC(=O)c2ccc(Cl)c(S(=O)(=O)N3CCCC3)c2)s1. The largest absolute Gasteiger partial charge is 0.296 e. The summed E-state index contributed by atoms with van der Waals surface area (Å²) in [6.45, 7) is 5.02. The van der Waals surface area contributed by atoms with Crippen molar-refractivity contribution in [3.05, 3.63) is 28.8 Å². The average molecular weight is 447 g/mol. The quantitative estimate of drug-likeness (QED) is 0.536. The molecule has 0 radical (unpaired) electrons. The summed E-state index contributed by atoms with van der Waals surface area (Å²) in [4.78, 5) is 12.5. The van der Waals surface area contributed by atoms with Crippen LogP contribution in [0.25, 0.3) is 0 Å². The summed E-state index contributed by atoms with van der Waals surface area (Å²) in [6.07, 6.45) is 1.65.